The molecule has 3 rings (SSSR count). The third-order valence-electron chi connectivity index (χ3n) is 5.05. The number of benzene rings is 2. The summed E-state index contributed by atoms with van der Waals surface area (Å²) in [6.07, 6.45) is -0.936. The summed E-state index contributed by atoms with van der Waals surface area (Å²) in [5, 5.41) is 0. The van der Waals surface area contributed by atoms with Crippen LogP contribution in [0.3, 0.4) is 0 Å². The first-order chi connectivity index (χ1) is 14.8. The molecule has 1 aliphatic rings. The number of ether oxygens (including phenoxy) is 2. The van der Waals surface area contributed by atoms with Crippen molar-refractivity contribution >= 4 is 17.6 Å². The zero-order valence-electron chi connectivity index (χ0n) is 17.0. The maximum Gasteiger partial charge on any atom is 0.416 e. The van der Waals surface area contributed by atoms with Gasteiger partial charge in [0.15, 0.2) is 0 Å². The summed E-state index contributed by atoms with van der Waals surface area (Å²) in [4.78, 5) is 11.5. The monoisotopic (exact) mass is 434 g/mol. The van der Waals surface area contributed by atoms with Crippen molar-refractivity contribution in [2.45, 2.75) is 31.5 Å². The van der Waals surface area contributed by atoms with Gasteiger partial charge in [0.25, 0.3) is 0 Å². The van der Waals surface area contributed by atoms with Crippen molar-refractivity contribution in [3.63, 3.8) is 0 Å². The second-order valence-corrected chi connectivity index (χ2v) is 7.29. The first-order valence-electron chi connectivity index (χ1n) is 10.0. The molecule has 0 fully saturated rings. The Morgan fingerprint density at radius 1 is 1.10 bits per heavy atom. The number of alkyl halides is 3. The molecule has 166 valence electrons. The average molecular weight is 434 g/mol. The minimum atomic E-state index is -4.40. The maximum atomic E-state index is 13.4. The van der Waals surface area contributed by atoms with E-state index in [-0.39, 0.29) is 18.7 Å². The zero-order valence-corrected chi connectivity index (χ0v) is 17.0. The minimum Gasteiger partial charge on any atom is -0.493 e. The molecule has 4 N–H and O–H groups in total. The first-order valence-corrected chi connectivity index (χ1v) is 10.0. The molecule has 1 aliphatic carbocycles. The Kier molecular flexibility index (Phi) is 7.35. The highest BCUT2D eigenvalue weighted by Crippen LogP contribution is 2.39. The van der Waals surface area contributed by atoms with E-state index in [1.54, 1.807) is 12.1 Å². The van der Waals surface area contributed by atoms with Gasteiger partial charge in [-0.25, -0.2) is 0 Å². The van der Waals surface area contributed by atoms with Crippen LogP contribution >= 0.6 is 0 Å². The second-order valence-electron chi connectivity index (χ2n) is 7.29. The maximum absolute atomic E-state index is 13.4. The van der Waals surface area contributed by atoms with E-state index in [0.717, 1.165) is 17.2 Å². The lowest BCUT2D eigenvalue weighted by Crippen LogP contribution is -2.39. The first kappa shape index (κ1) is 22.8. The number of carbonyl (C=O) groups is 1. The number of hydrogen-bond donors (Lipinski definition) is 2. The van der Waals surface area contributed by atoms with Gasteiger partial charge in [0.1, 0.15) is 11.8 Å². The van der Waals surface area contributed by atoms with Crippen molar-refractivity contribution < 1.29 is 27.4 Å². The van der Waals surface area contributed by atoms with Gasteiger partial charge in [0.2, 0.25) is 0 Å². The van der Waals surface area contributed by atoms with Gasteiger partial charge in [-0.2, -0.15) is 13.2 Å². The molecule has 2 aromatic carbocycles. The van der Waals surface area contributed by atoms with Crippen LogP contribution in [0, 0.1) is 0 Å². The lowest BCUT2D eigenvalue weighted by atomic mass is 9.87. The number of allylic oxidation sites excluding steroid dienone is 1. The smallest absolute Gasteiger partial charge is 0.416 e. The summed E-state index contributed by atoms with van der Waals surface area (Å²) in [6.45, 7) is 0.501. The van der Waals surface area contributed by atoms with Crippen LogP contribution in [0.15, 0.2) is 42.5 Å². The number of fused-ring (bicyclic) bond motifs is 1. The minimum absolute atomic E-state index is 0.0212. The number of hydrogen-bond acceptors (Lipinski definition) is 5. The van der Waals surface area contributed by atoms with Crippen LogP contribution in [-0.2, 0) is 22.1 Å². The highest BCUT2D eigenvalue weighted by Gasteiger charge is 2.34. The van der Waals surface area contributed by atoms with Crippen LogP contribution in [0.1, 0.15) is 35.1 Å². The number of rotatable bonds is 8. The quantitative estimate of drug-likeness (QED) is 0.488. The van der Waals surface area contributed by atoms with Crippen molar-refractivity contribution in [1.82, 2.24) is 0 Å². The van der Waals surface area contributed by atoms with E-state index in [2.05, 4.69) is 0 Å². The Morgan fingerprint density at radius 3 is 2.61 bits per heavy atom. The van der Waals surface area contributed by atoms with Gasteiger partial charge >= 0.3 is 12.1 Å². The molecule has 0 saturated heterocycles. The molecule has 0 saturated carbocycles. The average Bonchev–Trinajstić information content (AvgIpc) is 2.77. The second kappa shape index (κ2) is 9.98. The number of carbonyl (C=O) groups excluding carboxylic acids is 1. The fourth-order valence-corrected chi connectivity index (χ4v) is 3.40. The zero-order chi connectivity index (χ0) is 22.4. The van der Waals surface area contributed by atoms with Gasteiger partial charge < -0.3 is 20.9 Å². The summed E-state index contributed by atoms with van der Waals surface area (Å²) < 4.78 is 50.9. The highest BCUT2D eigenvalue weighted by molar-refractivity contribution is 5.86. The van der Waals surface area contributed by atoms with Gasteiger partial charge in [-0.05, 0) is 53.3 Å². The summed E-state index contributed by atoms with van der Waals surface area (Å²) >= 11 is 0. The lowest BCUT2D eigenvalue weighted by Gasteiger charge is -2.20. The summed E-state index contributed by atoms with van der Waals surface area (Å²) in [7, 11) is 0. The van der Waals surface area contributed by atoms with Gasteiger partial charge in [-0.15, -0.1) is 0 Å². The number of nitrogens with two attached hydrogens (primary N) is 2. The van der Waals surface area contributed by atoms with Gasteiger partial charge in [-0.1, -0.05) is 30.3 Å². The lowest BCUT2D eigenvalue weighted by molar-refractivity contribution is -0.145. The molecule has 5 nitrogen and oxygen atoms in total. The Balaban J connectivity index is 1.65. The number of esters is 1. The molecule has 1 unspecified atom stereocenters. The van der Waals surface area contributed by atoms with Crippen molar-refractivity contribution in [2.24, 2.45) is 11.5 Å². The van der Waals surface area contributed by atoms with Crippen LogP contribution in [0.2, 0.25) is 0 Å². The summed E-state index contributed by atoms with van der Waals surface area (Å²) in [5.74, 6) is 0.0541. The predicted molar refractivity (Wildman–Crippen MR) is 112 cm³/mol. The van der Waals surface area contributed by atoms with E-state index < -0.39 is 23.8 Å². The molecule has 8 heteroatoms. The van der Waals surface area contributed by atoms with Crippen molar-refractivity contribution in [3.05, 3.63) is 64.7 Å². The Labute approximate surface area is 178 Å². The van der Waals surface area contributed by atoms with Crippen LogP contribution in [-0.4, -0.2) is 31.8 Å². The SMILES string of the molecule is NCC(N)C(=O)OCCCOc1ccc2c(c1)C=C(c1ccccc1C(F)(F)F)CC2. The number of aryl methyl sites for hydroxylation is 1. The van der Waals surface area contributed by atoms with Gasteiger partial charge in [-0.3, -0.25) is 4.79 Å². The van der Waals surface area contributed by atoms with E-state index in [9.17, 15) is 18.0 Å². The Hall–Kier alpha value is -2.84. The summed E-state index contributed by atoms with van der Waals surface area (Å²) in [6, 6.07) is 10.4. The van der Waals surface area contributed by atoms with E-state index in [1.807, 2.05) is 18.2 Å². The molecule has 31 heavy (non-hydrogen) atoms. The molecular formula is C23H25F3N2O3. The van der Waals surface area contributed by atoms with Gasteiger partial charge in [0, 0.05) is 13.0 Å². The largest absolute Gasteiger partial charge is 0.493 e. The molecule has 1 atom stereocenters. The van der Waals surface area contributed by atoms with Crippen molar-refractivity contribution in [2.75, 3.05) is 19.8 Å². The number of halogens is 3. The van der Waals surface area contributed by atoms with Crippen molar-refractivity contribution in [1.29, 1.82) is 0 Å². The van der Waals surface area contributed by atoms with Crippen LogP contribution in [0.5, 0.6) is 5.75 Å². The third-order valence-corrected chi connectivity index (χ3v) is 5.05. The molecule has 0 bridgehead atoms. The fraction of sp³-hybridized carbons (Fsp3) is 0.348. The highest BCUT2D eigenvalue weighted by atomic mass is 19.4. The van der Waals surface area contributed by atoms with Crippen LogP contribution in [0.25, 0.3) is 11.6 Å². The molecule has 2 aromatic rings. The molecule has 0 heterocycles. The van der Waals surface area contributed by atoms with E-state index in [4.69, 9.17) is 20.9 Å². The fourth-order valence-electron chi connectivity index (χ4n) is 3.40. The van der Waals surface area contributed by atoms with Crippen molar-refractivity contribution in [3.8, 4) is 5.75 Å². The molecule has 0 aromatic heterocycles. The van der Waals surface area contributed by atoms with Crippen LogP contribution in [0.4, 0.5) is 13.2 Å². The van der Waals surface area contributed by atoms with E-state index in [0.29, 0.717) is 37.2 Å². The molecule has 0 radical (unpaired) electrons. The normalized spacial score (nSPS) is 14.4. The molecule has 0 aliphatic heterocycles. The molecular weight excluding hydrogens is 409 g/mol. The standard InChI is InChI=1S/C23H25F3N2O3/c24-23(25,26)20-5-2-1-4-19(20)16-7-6-15-8-9-18(13-17(15)12-16)30-10-3-11-31-22(29)21(28)14-27/h1-2,4-5,8-9,12-13,21H,3,6-7,10-11,14,27-28H2. The Bertz CT molecular complexity index is 957. The predicted octanol–water partition coefficient (Wildman–Crippen LogP) is 3.79. The molecule has 0 spiro atoms. The topological polar surface area (TPSA) is 87.6 Å². The Morgan fingerprint density at radius 2 is 1.87 bits per heavy atom. The molecule has 0 amide bonds. The van der Waals surface area contributed by atoms with E-state index >= 15 is 0 Å². The van der Waals surface area contributed by atoms with E-state index in [1.165, 1.54) is 12.1 Å². The van der Waals surface area contributed by atoms with Gasteiger partial charge in [0.05, 0.1) is 18.8 Å². The third kappa shape index (κ3) is 5.86. The van der Waals surface area contributed by atoms with Crippen LogP contribution < -0.4 is 16.2 Å². The summed E-state index contributed by atoms with van der Waals surface area (Å²) in [5.41, 5.74) is 12.9.